The summed E-state index contributed by atoms with van der Waals surface area (Å²) in [5, 5.41) is 2.82. The number of nitrogens with zero attached hydrogens (tertiary/aromatic N) is 1. The zero-order chi connectivity index (χ0) is 23.6. The molecule has 1 amide bonds. The van der Waals surface area contributed by atoms with Gasteiger partial charge in [-0.15, -0.1) is 0 Å². The number of sulfonamides is 1. The first kappa shape index (κ1) is 22.9. The molecular formula is C25H25FN2O4S. The summed E-state index contributed by atoms with van der Waals surface area (Å²) in [4.78, 5) is 12.5. The number of hydrogen-bond donors (Lipinski definition) is 1. The highest BCUT2D eigenvalue weighted by Gasteiger charge is 2.28. The predicted molar refractivity (Wildman–Crippen MR) is 124 cm³/mol. The molecule has 1 aliphatic heterocycles. The molecule has 0 unspecified atom stereocenters. The second-order valence-electron chi connectivity index (χ2n) is 8.08. The molecule has 172 valence electrons. The number of halogens is 1. The molecule has 3 aromatic rings. The van der Waals surface area contributed by atoms with Crippen LogP contribution in [-0.4, -0.2) is 31.8 Å². The lowest BCUT2D eigenvalue weighted by Crippen LogP contribution is -2.36. The van der Waals surface area contributed by atoms with E-state index in [0.29, 0.717) is 24.4 Å². The fourth-order valence-corrected chi connectivity index (χ4v) is 5.35. The Labute approximate surface area is 193 Å². The molecule has 0 aliphatic carbocycles. The van der Waals surface area contributed by atoms with E-state index in [9.17, 15) is 17.6 Å². The summed E-state index contributed by atoms with van der Waals surface area (Å²) in [6.07, 6.45) is 0.555. The number of nitrogens with one attached hydrogen (secondary N) is 1. The fourth-order valence-electron chi connectivity index (χ4n) is 3.93. The smallest absolute Gasteiger partial charge is 0.262 e. The summed E-state index contributed by atoms with van der Waals surface area (Å²) < 4.78 is 46.2. The van der Waals surface area contributed by atoms with Gasteiger partial charge in [0.05, 0.1) is 4.90 Å². The number of carbonyl (C=O) groups excluding carboxylic acids is 1. The maximum atomic E-state index is 13.2. The summed E-state index contributed by atoms with van der Waals surface area (Å²) >= 11 is 0. The largest absolute Gasteiger partial charge is 0.483 e. The standard InChI is InChI=1S/C25H25FN2O4S/c1-17-4-3-5-18(2)25(17)32-16-24(29)27-22-9-6-19-12-13-28(15-20(19)14-22)33(30,31)23-10-7-21(26)8-11-23/h3-11,14H,12-13,15-16H2,1-2H3,(H,27,29). The third-order valence-electron chi connectivity index (χ3n) is 5.68. The predicted octanol–water partition coefficient (Wildman–Crippen LogP) is 4.21. The molecule has 6 nitrogen and oxygen atoms in total. The Hall–Kier alpha value is -3.23. The van der Waals surface area contributed by atoms with Gasteiger partial charge in [0.25, 0.3) is 5.91 Å². The lowest BCUT2D eigenvalue weighted by atomic mass is 10.0. The average molecular weight is 469 g/mol. The van der Waals surface area contributed by atoms with Crippen molar-refractivity contribution in [2.45, 2.75) is 31.7 Å². The number of hydrogen-bond acceptors (Lipinski definition) is 4. The highest BCUT2D eigenvalue weighted by molar-refractivity contribution is 7.89. The number of ether oxygens (including phenoxy) is 1. The summed E-state index contributed by atoms with van der Waals surface area (Å²) in [5.74, 6) is -0.0937. The monoisotopic (exact) mass is 468 g/mol. The Kier molecular flexibility index (Phi) is 6.49. The van der Waals surface area contributed by atoms with Crippen LogP contribution in [-0.2, 0) is 27.8 Å². The number of aryl methyl sites for hydroxylation is 2. The third kappa shape index (κ3) is 5.07. The number of rotatable bonds is 6. The lowest BCUT2D eigenvalue weighted by Gasteiger charge is -2.28. The molecule has 0 fully saturated rings. The first-order chi connectivity index (χ1) is 15.7. The maximum absolute atomic E-state index is 13.2. The second kappa shape index (κ2) is 9.33. The summed E-state index contributed by atoms with van der Waals surface area (Å²) in [6.45, 7) is 4.23. The van der Waals surface area contributed by atoms with E-state index in [2.05, 4.69) is 5.32 Å². The van der Waals surface area contributed by atoms with E-state index in [1.54, 1.807) is 12.1 Å². The molecule has 0 saturated heterocycles. The zero-order valence-electron chi connectivity index (χ0n) is 18.5. The van der Waals surface area contributed by atoms with Crippen LogP contribution in [0.1, 0.15) is 22.3 Å². The van der Waals surface area contributed by atoms with E-state index in [0.717, 1.165) is 34.4 Å². The number of anilines is 1. The van der Waals surface area contributed by atoms with E-state index in [1.165, 1.54) is 16.4 Å². The van der Waals surface area contributed by atoms with Crippen LogP contribution in [0.25, 0.3) is 0 Å². The highest BCUT2D eigenvalue weighted by Crippen LogP contribution is 2.27. The van der Waals surface area contributed by atoms with Crippen molar-refractivity contribution in [1.29, 1.82) is 0 Å². The van der Waals surface area contributed by atoms with E-state index in [4.69, 9.17) is 4.74 Å². The Morgan fingerprint density at radius 2 is 1.73 bits per heavy atom. The zero-order valence-corrected chi connectivity index (χ0v) is 19.3. The molecule has 1 N–H and O–H groups in total. The van der Waals surface area contributed by atoms with Crippen molar-refractivity contribution in [3.63, 3.8) is 0 Å². The van der Waals surface area contributed by atoms with Crippen LogP contribution in [0.4, 0.5) is 10.1 Å². The minimum Gasteiger partial charge on any atom is -0.483 e. The van der Waals surface area contributed by atoms with E-state index in [1.807, 2.05) is 38.1 Å². The number of amides is 1. The van der Waals surface area contributed by atoms with Gasteiger partial charge in [-0.3, -0.25) is 4.79 Å². The van der Waals surface area contributed by atoms with Crippen LogP contribution in [0.3, 0.4) is 0 Å². The molecule has 0 bridgehead atoms. The molecule has 0 saturated carbocycles. The number of carbonyl (C=O) groups is 1. The third-order valence-corrected chi connectivity index (χ3v) is 7.53. The van der Waals surface area contributed by atoms with E-state index in [-0.39, 0.29) is 24.0 Å². The van der Waals surface area contributed by atoms with Crippen molar-refractivity contribution in [3.8, 4) is 5.75 Å². The van der Waals surface area contributed by atoms with E-state index < -0.39 is 15.8 Å². The topological polar surface area (TPSA) is 75.7 Å². The highest BCUT2D eigenvalue weighted by atomic mass is 32.2. The van der Waals surface area contributed by atoms with Crippen LogP contribution in [0.15, 0.2) is 65.6 Å². The van der Waals surface area contributed by atoms with Crippen molar-refractivity contribution in [2.75, 3.05) is 18.5 Å². The minimum atomic E-state index is -3.75. The summed E-state index contributed by atoms with van der Waals surface area (Å²) in [6, 6.07) is 16.1. The first-order valence-corrected chi connectivity index (χ1v) is 12.0. The first-order valence-electron chi connectivity index (χ1n) is 10.6. The molecule has 1 aliphatic rings. The number of benzene rings is 3. The number of para-hydroxylation sites is 1. The van der Waals surface area contributed by atoms with Crippen LogP contribution >= 0.6 is 0 Å². The van der Waals surface area contributed by atoms with Gasteiger partial charge in [0.1, 0.15) is 11.6 Å². The van der Waals surface area contributed by atoms with Crippen molar-refractivity contribution < 1.29 is 22.3 Å². The Balaban J connectivity index is 1.44. The normalized spacial score (nSPS) is 13.9. The molecular weight excluding hydrogens is 443 g/mol. The van der Waals surface area contributed by atoms with Crippen LogP contribution in [0.5, 0.6) is 5.75 Å². The quantitative estimate of drug-likeness (QED) is 0.588. The summed E-state index contributed by atoms with van der Waals surface area (Å²) in [5.41, 5.74) is 4.34. The maximum Gasteiger partial charge on any atom is 0.262 e. The van der Waals surface area contributed by atoms with Crippen LogP contribution in [0.2, 0.25) is 0 Å². The minimum absolute atomic E-state index is 0.0560. The van der Waals surface area contributed by atoms with Gasteiger partial charge < -0.3 is 10.1 Å². The summed E-state index contributed by atoms with van der Waals surface area (Å²) in [7, 11) is -3.75. The van der Waals surface area contributed by atoms with Gasteiger partial charge in [-0.25, -0.2) is 12.8 Å². The van der Waals surface area contributed by atoms with Crippen molar-refractivity contribution in [2.24, 2.45) is 0 Å². The van der Waals surface area contributed by atoms with Gasteiger partial charge >= 0.3 is 0 Å². The van der Waals surface area contributed by atoms with Gasteiger partial charge in [0, 0.05) is 18.8 Å². The number of fused-ring (bicyclic) bond motifs is 1. The molecule has 0 atom stereocenters. The van der Waals surface area contributed by atoms with Crippen molar-refractivity contribution in [3.05, 3.63) is 88.7 Å². The van der Waals surface area contributed by atoms with Crippen molar-refractivity contribution >= 4 is 21.6 Å². The molecule has 0 aromatic heterocycles. The molecule has 0 radical (unpaired) electrons. The van der Waals surface area contributed by atoms with Crippen LogP contribution < -0.4 is 10.1 Å². The lowest BCUT2D eigenvalue weighted by molar-refractivity contribution is -0.118. The van der Waals surface area contributed by atoms with Gasteiger partial charge in [-0.2, -0.15) is 4.31 Å². The molecule has 4 rings (SSSR count). The molecule has 3 aromatic carbocycles. The van der Waals surface area contributed by atoms with Gasteiger partial charge in [-0.1, -0.05) is 24.3 Å². The van der Waals surface area contributed by atoms with Crippen LogP contribution in [0, 0.1) is 19.7 Å². The SMILES string of the molecule is Cc1cccc(C)c1OCC(=O)Nc1ccc2c(c1)CN(S(=O)(=O)c1ccc(F)cc1)CC2. The van der Waals surface area contributed by atoms with Crippen molar-refractivity contribution in [1.82, 2.24) is 4.31 Å². The Morgan fingerprint density at radius 1 is 1.03 bits per heavy atom. The molecule has 0 spiro atoms. The average Bonchev–Trinajstić information content (AvgIpc) is 2.78. The molecule has 1 heterocycles. The molecule has 33 heavy (non-hydrogen) atoms. The Bertz CT molecular complexity index is 1270. The van der Waals surface area contributed by atoms with Gasteiger partial charge in [0.15, 0.2) is 6.61 Å². The van der Waals surface area contributed by atoms with Gasteiger partial charge in [0.2, 0.25) is 10.0 Å². The Morgan fingerprint density at radius 3 is 2.42 bits per heavy atom. The molecule has 8 heteroatoms. The van der Waals surface area contributed by atoms with E-state index >= 15 is 0 Å². The fraction of sp³-hybridized carbons (Fsp3) is 0.240. The van der Waals surface area contributed by atoms with Gasteiger partial charge in [-0.05, 0) is 78.9 Å². The second-order valence-corrected chi connectivity index (χ2v) is 10.0.